The van der Waals surface area contributed by atoms with Gasteiger partial charge in [0.05, 0.1) is 12.5 Å². The van der Waals surface area contributed by atoms with Crippen molar-refractivity contribution in [3.63, 3.8) is 0 Å². The van der Waals surface area contributed by atoms with E-state index in [2.05, 4.69) is 17.4 Å². The third-order valence-electron chi connectivity index (χ3n) is 7.78. The van der Waals surface area contributed by atoms with Gasteiger partial charge in [-0.05, 0) is 119 Å². The topological polar surface area (TPSA) is 91.6 Å². The van der Waals surface area contributed by atoms with Crippen molar-refractivity contribution in [2.75, 3.05) is 20.6 Å². The number of carbonyl (C=O) groups is 2. The molecule has 1 aromatic heterocycles. The van der Waals surface area contributed by atoms with Crippen LogP contribution in [-0.4, -0.2) is 47.1 Å². The maximum atomic E-state index is 15.8. The average molecular weight is 626 g/mol. The Morgan fingerprint density at radius 2 is 1.57 bits per heavy atom. The first-order chi connectivity index (χ1) is 20.1. The molecule has 0 saturated heterocycles. The van der Waals surface area contributed by atoms with E-state index in [1.54, 1.807) is 32.2 Å². The Kier molecular flexibility index (Phi) is 13.0. The predicted octanol–water partition coefficient (Wildman–Crippen LogP) is 6.33. The van der Waals surface area contributed by atoms with Crippen LogP contribution in [0.2, 0.25) is 0 Å². The van der Waals surface area contributed by atoms with Crippen molar-refractivity contribution in [2.45, 2.75) is 79.8 Å². The van der Waals surface area contributed by atoms with Gasteiger partial charge >= 0.3 is 5.97 Å². The molecular formula is C35H48FN3O4S. The quantitative estimate of drug-likeness (QED) is 0.245. The number of benzene rings is 2. The number of pyridine rings is 1. The van der Waals surface area contributed by atoms with Crippen LogP contribution in [0.4, 0.5) is 4.39 Å². The minimum Gasteiger partial charge on any atom is -0.481 e. The Balaban J connectivity index is 0.00000675. The van der Waals surface area contributed by atoms with Crippen molar-refractivity contribution in [3.05, 3.63) is 91.6 Å². The van der Waals surface area contributed by atoms with Crippen LogP contribution in [0.1, 0.15) is 77.7 Å². The lowest BCUT2D eigenvalue weighted by atomic mass is 9.89. The Morgan fingerprint density at radius 1 is 0.955 bits per heavy atom. The molecule has 0 aliphatic carbocycles. The molecule has 0 radical (unpaired) electrons. The van der Waals surface area contributed by atoms with Crippen molar-refractivity contribution < 1.29 is 19.1 Å². The molecule has 1 heterocycles. The molecule has 1 unspecified atom stereocenters. The van der Waals surface area contributed by atoms with Gasteiger partial charge in [0, 0.05) is 23.9 Å². The van der Waals surface area contributed by atoms with E-state index in [0.717, 1.165) is 39.9 Å². The number of nitrogens with one attached hydrogen (secondary N) is 1. The van der Waals surface area contributed by atoms with E-state index in [4.69, 9.17) is 0 Å². The number of aliphatic carboxylic acids is 1. The number of aromatic nitrogens is 1. The van der Waals surface area contributed by atoms with Crippen LogP contribution in [0.15, 0.2) is 41.3 Å². The number of hydrogen-bond acceptors (Lipinski definition) is 4. The van der Waals surface area contributed by atoms with Gasteiger partial charge < -0.3 is 19.9 Å². The fourth-order valence-corrected chi connectivity index (χ4v) is 5.84. The van der Waals surface area contributed by atoms with Crippen LogP contribution in [0, 0.1) is 46.4 Å². The number of carboxylic acid groups (broad SMARTS) is 1. The molecule has 1 amide bonds. The monoisotopic (exact) mass is 625 g/mol. The summed E-state index contributed by atoms with van der Waals surface area (Å²) in [5, 5.41) is 12.7. The van der Waals surface area contributed by atoms with Crippen LogP contribution in [0.5, 0.6) is 0 Å². The van der Waals surface area contributed by atoms with Crippen molar-refractivity contribution in [1.82, 2.24) is 14.8 Å². The molecule has 2 atom stereocenters. The van der Waals surface area contributed by atoms with Crippen LogP contribution in [0.3, 0.4) is 0 Å². The second-order valence-electron chi connectivity index (χ2n) is 12.6. The molecule has 9 heteroatoms. The Hall–Kier alpha value is -3.43. The zero-order valence-electron chi connectivity index (χ0n) is 27.5. The number of hydrogen-bond donors (Lipinski definition) is 2. The van der Waals surface area contributed by atoms with Gasteiger partial charge in [-0.2, -0.15) is 13.5 Å². The number of aryl methyl sites for hydroxylation is 5. The molecule has 0 fully saturated rings. The van der Waals surface area contributed by atoms with E-state index in [1.807, 2.05) is 59.7 Å². The fourth-order valence-electron chi connectivity index (χ4n) is 5.84. The van der Waals surface area contributed by atoms with Crippen LogP contribution in [-0.2, 0) is 16.0 Å². The molecule has 0 bridgehead atoms. The Labute approximate surface area is 267 Å². The van der Waals surface area contributed by atoms with Crippen molar-refractivity contribution >= 4 is 25.4 Å². The summed E-state index contributed by atoms with van der Waals surface area (Å²) in [4.78, 5) is 41.4. The number of nitrogens with zero attached hydrogens (tertiary/aromatic N) is 2. The molecule has 2 aromatic carbocycles. The van der Waals surface area contributed by atoms with Gasteiger partial charge in [-0.3, -0.25) is 14.4 Å². The van der Waals surface area contributed by atoms with Crippen LogP contribution < -0.4 is 10.9 Å². The third kappa shape index (κ3) is 9.05. The summed E-state index contributed by atoms with van der Waals surface area (Å²) < 4.78 is 17.2. The largest absolute Gasteiger partial charge is 0.481 e. The van der Waals surface area contributed by atoms with Crippen molar-refractivity contribution in [1.29, 1.82) is 0 Å². The molecule has 3 aromatic rings. The Bertz CT molecular complexity index is 1540. The zero-order chi connectivity index (χ0) is 32.2. The lowest BCUT2D eigenvalue weighted by Gasteiger charge is -2.26. The summed E-state index contributed by atoms with van der Waals surface area (Å²) in [6.07, 6.45) is 2.26. The fraction of sp³-hybridized carbons (Fsp3) is 0.457. The van der Waals surface area contributed by atoms with E-state index in [9.17, 15) is 19.5 Å². The lowest BCUT2D eigenvalue weighted by molar-refractivity contribution is -0.138. The maximum absolute atomic E-state index is 15.8. The summed E-state index contributed by atoms with van der Waals surface area (Å²) in [6, 6.07) is 7.33. The summed E-state index contributed by atoms with van der Waals surface area (Å²) in [5.74, 6) is -2.19. The van der Waals surface area contributed by atoms with Crippen molar-refractivity contribution in [3.8, 4) is 11.1 Å². The first-order valence-electron chi connectivity index (χ1n) is 14.9. The lowest BCUT2D eigenvalue weighted by Crippen LogP contribution is -2.41. The number of carboxylic acids is 1. The molecule has 240 valence electrons. The smallest absolute Gasteiger partial charge is 0.305 e. The first kappa shape index (κ1) is 36.8. The molecule has 0 aliphatic rings. The highest BCUT2D eigenvalue weighted by Crippen LogP contribution is 2.34. The van der Waals surface area contributed by atoms with E-state index >= 15 is 4.39 Å². The number of likely N-dealkylation sites (N-methyl/N-ethyl adjacent to an activating group) is 1. The van der Waals surface area contributed by atoms with Gasteiger partial charge in [0.2, 0.25) is 5.91 Å². The molecule has 7 nitrogen and oxygen atoms in total. The number of amides is 1. The first-order valence-corrected chi connectivity index (χ1v) is 14.9. The Morgan fingerprint density at radius 3 is 2.11 bits per heavy atom. The third-order valence-corrected chi connectivity index (χ3v) is 7.78. The summed E-state index contributed by atoms with van der Waals surface area (Å²) >= 11 is 0. The molecular weight excluding hydrogens is 577 g/mol. The molecule has 2 N–H and O–H groups in total. The van der Waals surface area contributed by atoms with Gasteiger partial charge in [0.1, 0.15) is 11.9 Å². The average Bonchev–Trinajstić information content (AvgIpc) is 2.88. The highest BCUT2D eigenvalue weighted by molar-refractivity contribution is 7.59. The SMILES string of the molecule is Cc1cc(C)c(-c2cc(C)c(F)c([C@H](CC(=O)O)NC(=O)C(CC(C)C)n3cc(CCN(C)C)cc(C)c3=O)c2)c(C)c1.S. The van der Waals surface area contributed by atoms with Gasteiger partial charge in [0.15, 0.2) is 0 Å². The second-order valence-corrected chi connectivity index (χ2v) is 12.6. The van der Waals surface area contributed by atoms with Gasteiger partial charge in [-0.25, -0.2) is 4.39 Å². The van der Waals surface area contributed by atoms with E-state index in [-0.39, 0.29) is 30.5 Å². The normalized spacial score (nSPS) is 12.6. The van der Waals surface area contributed by atoms with Gasteiger partial charge in [-0.1, -0.05) is 31.5 Å². The predicted molar refractivity (Wildman–Crippen MR) is 180 cm³/mol. The minimum atomic E-state index is -1.17. The number of carbonyl (C=O) groups excluding carboxylic acids is 1. The van der Waals surface area contributed by atoms with E-state index in [0.29, 0.717) is 24.0 Å². The van der Waals surface area contributed by atoms with E-state index < -0.39 is 36.2 Å². The summed E-state index contributed by atoms with van der Waals surface area (Å²) in [6.45, 7) is 14.1. The highest BCUT2D eigenvalue weighted by Gasteiger charge is 2.29. The van der Waals surface area contributed by atoms with Gasteiger partial charge in [0.25, 0.3) is 5.56 Å². The standard InChI is InChI=1S/C35H46FN3O4.H2S/c1-20(2)12-30(39-19-26(10-11-38(8)9)15-25(7)35(39)43)34(42)37-29(18-31(40)41)28-17-27(16-24(6)33(28)36)32-22(4)13-21(3)14-23(32)5;/h13-17,19-20,29-30H,10-12,18H2,1-9H3,(H,37,42)(H,40,41);1H2/t29-,30?;/m0./s1. The zero-order valence-corrected chi connectivity index (χ0v) is 28.5. The maximum Gasteiger partial charge on any atom is 0.305 e. The number of halogens is 1. The molecule has 0 saturated carbocycles. The minimum absolute atomic E-state index is 0. The number of rotatable bonds is 12. The van der Waals surface area contributed by atoms with Crippen LogP contribution >= 0.6 is 13.5 Å². The highest BCUT2D eigenvalue weighted by atomic mass is 32.1. The van der Waals surface area contributed by atoms with Crippen LogP contribution in [0.25, 0.3) is 11.1 Å². The van der Waals surface area contributed by atoms with E-state index in [1.165, 1.54) is 4.57 Å². The van der Waals surface area contributed by atoms with Crippen molar-refractivity contribution in [2.24, 2.45) is 5.92 Å². The molecule has 44 heavy (non-hydrogen) atoms. The molecule has 0 aliphatic heterocycles. The second kappa shape index (κ2) is 15.5. The summed E-state index contributed by atoms with van der Waals surface area (Å²) in [7, 11) is 3.94. The molecule has 0 spiro atoms. The van der Waals surface area contributed by atoms with Gasteiger partial charge in [-0.15, -0.1) is 0 Å². The molecule has 3 rings (SSSR count). The summed E-state index contributed by atoms with van der Waals surface area (Å²) in [5.41, 5.74) is 6.50.